The zero-order valence-electron chi connectivity index (χ0n) is 15.1. The molecular formula is C19H15Br3KNO4. The van der Waals surface area contributed by atoms with E-state index < -0.39 is 5.97 Å². The van der Waals surface area contributed by atoms with Crippen molar-refractivity contribution < 1.29 is 71.2 Å². The number of hydrogen-bond acceptors (Lipinski definition) is 4. The van der Waals surface area contributed by atoms with E-state index >= 15 is 0 Å². The van der Waals surface area contributed by atoms with Gasteiger partial charge in [-0.3, -0.25) is 4.79 Å². The Kier molecular flexibility index (Phi) is 14.5. The molecule has 0 saturated heterocycles. The van der Waals surface area contributed by atoms with E-state index in [0.717, 1.165) is 6.08 Å². The van der Waals surface area contributed by atoms with E-state index in [2.05, 4.69) is 53.1 Å². The van der Waals surface area contributed by atoms with Crippen molar-refractivity contribution in [3.63, 3.8) is 0 Å². The first-order valence-corrected chi connectivity index (χ1v) is 9.89. The third kappa shape index (κ3) is 9.49. The number of hydrogen-bond donors (Lipinski definition) is 2. The fourth-order valence-electron chi connectivity index (χ4n) is 1.72. The summed E-state index contributed by atoms with van der Waals surface area (Å²) in [5.41, 5.74) is 0.855. The van der Waals surface area contributed by atoms with Gasteiger partial charge in [0.25, 0.3) is 5.91 Å². The Morgan fingerprint density at radius 1 is 1.07 bits per heavy atom. The Morgan fingerprint density at radius 3 is 2.21 bits per heavy atom. The summed E-state index contributed by atoms with van der Waals surface area (Å²) in [4.78, 5) is 21.8. The molecule has 2 aromatic rings. The minimum Gasteiger partial charge on any atom is -0.545 e. The number of para-hydroxylation sites is 1. The third-order valence-electron chi connectivity index (χ3n) is 2.95. The Labute approximate surface area is 231 Å². The molecule has 1 amide bonds. The van der Waals surface area contributed by atoms with Gasteiger partial charge in [-0.15, -0.1) is 0 Å². The maximum atomic E-state index is 12.1. The van der Waals surface area contributed by atoms with Crippen LogP contribution in [-0.2, 0) is 4.79 Å². The molecular weight excluding hydrogens is 585 g/mol. The van der Waals surface area contributed by atoms with Crippen LogP contribution < -0.4 is 61.8 Å². The summed E-state index contributed by atoms with van der Waals surface area (Å²) in [6, 6.07) is 10.6. The van der Waals surface area contributed by atoms with Crippen LogP contribution in [0.3, 0.4) is 0 Å². The van der Waals surface area contributed by atoms with E-state index in [1.165, 1.54) is 6.08 Å². The van der Waals surface area contributed by atoms with Crippen LogP contribution in [0, 0.1) is 0 Å². The van der Waals surface area contributed by atoms with Gasteiger partial charge < -0.3 is 20.3 Å². The summed E-state index contributed by atoms with van der Waals surface area (Å²) < 4.78 is 1.76. The largest absolute Gasteiger partial charge is 1.00 e. The fraction of sp³-hybridized carbons (Fsp3) is 0.0526. The Hall–Kier alpha value is -0.264. The summed E-state index contributed by atoms with van der Waals surface area (Å²) in [5, 5.41) is 22.4. The number of halogens is 3. The molecule has 0 aliphatic carbocycles. The maximum Gasteiger partial charge on any atom is 1.00 e. The predicted octanol–water partition coefficient (Wildman–Crippen LogP) is 1.80. The zero-order chi connectivity index (χ0) is 20.4. The van der Waals surface area contributed by atoms with Crippen LogP contribution in [0.25, 0.3) is 0 Å². The van der Waals surface area contributed by atoms with Gasteiger partial charge in [0, 0.05) is 14.6 Å². The normalized spacial score (nSPS) is 10.1. The van der Waals surface area contributed by atoms with Crippen LogP contribution in [-0.4, -0.2) is 17.0 Å². The molecule has 0 aromatic heterocycles. The van der Waals surface area contributed by atoms with E-state index in [9.17, 15) is 19.8 Å². The number of phenols is 1. The number of aromatic hydroxyl groups is 1. The Balaban J connectivity index is 0.000000694. The second-order valence-electron chi connectivity index (χ2n) is 4.91. The van der Waals surface area contributed by atoms with Gasteiger partial charge in [-0.1, -0.05) is 36.4 Å². The minimum atomic E-state index is -1.16. The maximum absolute atomic E-state index is 12.1. The molecule has 9 heteroatoms. The van der Waals surface area contributed by atoms with Gasteiger partial charge in [-0.05, 0) is 79.0 Å². The number of anilines is 1. The number of nitrogens with one attached hydrogen (secondary N) is 1. The first kappa shape index (κ1) is 27.7. The second kappa shape index (κ2) is 14.7. The number of aliphatic carboxylic acids is 1. The van der Waals surface area contributed by atoms with Crippen LogP contribution in [0.2, 0.25) is 0 Å². The van der Waals surface area contributed by atoms with Crippen molar-refractivity contribution in [2.75, 3.05) is 5.32 Å². The fourth-order valence-corrected chi connectivity index (χ4v) is 3.15. The first-order chi connectivity index (χ1) is 12.8. The molecule has 2 N–H and O–H groups in total. The average Bonchev–Trinajstić information content (AvgIpc) is 2.64. The number of carboxylic acids is 1. The molecule has 2 rings (SSSR count). The van der Waals surface area contributed by atoms with Gasteiger partial charge in [0.05, 0.1) is 16.0 Å². The Bertz CT molecular complexity index is 871. The number of benzene rings is 2. The Morgan fingerprint density at radius 2 is 1.68 bits per heavy atom. The molecule has 2 aromatic carbocycles. The number of phenolic OH excluding ortho intramolecular Hbond substituents is 1. The molecule has 0 heterocycles. The summed E-state index contributed by atoms with van der Waals surface area (Å²) in [6.45, 7) is 1.81. The van der Waals surface area contributed by atoms with Crippen molar-refractivity contribution in [2.24, 2.45) is 0 Å². The topological polar surface area (TPSA) is 89.5 Å². The zero-order valence-corrected chi connectivity index (χ0v) is 23.0. The number of allylic oxidation sites excluding steroid dienone is 3. The number of rotatable bonds is 4. The van der Waals surface area contributed by atoms with Gasteiger partial charge >= 0.3 is 51.4 Å². The molecule has 0 aliphatic rings. The van der Waals surface area contributed by atoms with E-state index in [1.54, 1.807) is 37.3 Å². The summed E-state index contributed by atoms with van der Waals surface area (Å²) >= 11 is 9.84. The molecule has 0 fully saturated rings. The van der Waals surface area contributed by atoms with E-state index in [0.29, 0.717) is 19.1 Å². The van der Waals surface area contributed by atoms with E-state index in [1.807, 2.05) is 18.2 Å². The van der Waals surface area contributed by atoms with Gasteiger partial charge in [-0.25, -0.2) is 0 Å². The third-order valence-corrected chi connectivity index (χ3v) is 6.23. The molecule has 0 bridgehead atoms. The molecule has 142 valence electrons. The molecule has 0 unspecified atom stereocenters. The first-order valence-electron chi connectivity index (χ1n) is 7.51. The minimum absolute atomic E-state index is 0. The summed E-state index contributed by atoms with van der Waals surface area (Å²) in [6.07, 6.45) is 5.74. The average molecular weight is 600 g/mol. The number of carboxylic acid groups (broad SMARTS) is 1. The molecule has 5 nitrogen and oxygen atoms in total. The van der Waals surface area contributed by atoms with Gasteiger partial charge in [0.15, 0.2) is 0 Å². The predicted molar refractivity (Wildman–Crippen MR) is 115 cm³/mol. The molecule has 0 aliphatic heterocycles. The van der Waals surface area contributed by atoms with Crippen LogP contribution in [0.4, 0.5) is 5.69 Å². The van der Waals surface area contributed by atoms with Crippen LogP contribution in [0.15, 0.2) is 74.1 Å². The van der Waals surface area contributed by atoms with Crippen molar-refractivity contribution in [1.29, 1.82) is 0 Å². The monoisotopic (exact) mass is 597 g/mol. The summed E-state index contributed by atoms with van der Waals surface area (Å²) in [5.74, 6) is -1.65. The van der Waals surface area contributed by atoms with Crippen molar-refractivity contribution in [3.05, 3.63) is 79.7 Å². The quantitative estimate of drug-likeness (QED) is 0.243. The smallest absolute Gasteiger partial charge is 0.545 e. The number of amides is 1. The molecule has 0 saturated carbocycles. The number of carbonyl (C=O) groups is 2. The summed E-state index contributed by atoms with van der Waals surface area (Å²) in [7, 11) is 0. The van der Waals surface area contributed by atoms with Crippen molar-refractivity contribution >= 4 is 65.4 Å². The van der Waals surface area contributed by atoms with Crippen molar-refractivity contribution in [1.82, 2.24) is 0 Å². The molecule has 28 heavy (non-hydrogen) atoms. The van der Waals surface area contributed by atoms with Gasteiger partial charge in [0.2, 0.25) is 0 Å². The van der Waals surface area contributed by atoms with E-state index in [-0.39, 0.29) is 68.6 Å². The molecule has 0 atom stereocenters. The van der Waals surface area contributed by atoms with Crippen molar-refractivity contribution in [3.8, 4) is 5.75 Å². The molecule has 0 spiro atoms. The SMILES string of the molecule is C/C=C/C=C/C(=O)[O-].O=C(Nc1ccccc1)c1cc(Br)c(Br)c(Br)c1O.[K+]. The van der Waals surface area contributed by atoms with Crippen molar-refractivity contribution in [2.45, 2.75) is 6.92 Å². The second-order valence-corrected chi connectivity index (χ2v) is 7.35. The standard InChI is InChI=1S/C13H8Br3NO2.C6H8O2.K/c14-9-6-8(12(18)11(16)10(9)15)13(19)17-7-4-2-1-3-5-7;1-2-3-4-5-6(7)8;/h1-6,18H,(H,17,19);2-5H,1H3,(H,7,8);/q;;+1/p-1/b;3-2+,5-4+;. The van der Waals surface area contributed by atoms with Crippen LogP contribution >= 0.6 is 47.8 Å². The van der Waals surface area contributed by atoms with Crippen LogP contribution in [0.1, 0.15) is 17.3 Å². The molecule has 0 radical (unpaired) electrons. The van der Waals surface area contributed by atoms with Crippen LogP contribution in [0.5, 0.6) is 5.75 Å². The van der Waals surface area contributed by atoms with Gasteiger partial charge in [-0.2, -0.15) is 0 Å². The number of carbonyl (C=O) groups excluding carboxylic acids is 2. The van der Waals surface area contributed by atoms with E-state index in [4.69, 9.17) is 0 Å². The van der Waals surface area contributed by atoms with Gasteiger partial charge in [0.1, 0.15) is 5.75 Å².